The number of carbonyl (C=O) groups is 2. The largest absolute Gasteiger partial charge is 0.369 e. The minimum absolute atomic E-state index is 0.150. The van der Waals surface area contributed by atoms with E-state index in [0.29, 0.717) is 19.5 Å². The van der Waals surface area contributed by atoms with Crippen LogP contribution in [-0.4, -0.2) is 38.0 Å². The highest BCUT2D eigenvalue weighted by Gasteiger charge is 2.18. The van der Waals surface area contributed by atoms with Gasteiger partial charge in [-0.05, 0) is 19.1 Å². The van der Waals surface area contributed by atoms with Crippen LogP contribution in [0.2, 0.25) is 5.02 Å². The summed E-state index contributed by atoms with van der Waals surface area (Å²) >= 11 is 9.55. The average Bonchev–Trinajstić information content (AvgIpc) is 2.95. The molecule has 0 bridgehead atoms. The van der Waals surface area contributed by atoms with Crippen LogP contribution in [0.15, 0.2) is 27.0 Å². The molecule has 2 amide bonds. The lowest BCUT2D eigenvalue weighted by Crippen LogP contribution is -2.22. The van der Waals surface area contributed by atoms with Crippen molar-refractivity contribution in [2.45, 2.75) is 20.9 Å². The van der Waals surface area contributed by atoms with E-state index in [2.05, 4.69) is 20.5 Å². The van der Waals surface area contributed by atoms with Gasteiger partial charge in [0.15, 0.2) is 8.68 Å². The average molecular weight is 390 g/mol. The van der Waals surface area contributed by atoms with E-state index in [1.54, 1.807) is 19.1 Å². The molecule has 2 aromatic heterocycles. The molecule has 23 heavy (non-hydrogen) atoms. The van der Waals surface area contributed by atoms with Crippen LogP contribution in [0.25, 0.3) is 0 Å². The summed E-state index contributed by atoms with van der Waals surface area (Å²) in [6, 6.07) is 3.27. The number of hydrogen-bond acceptors (Lipinski definition) is 8. The molecule has 0 aliphatic heterocycles. The molecule has 1 atom stereocenters. The van der Waals surface area contributed by atoms with Crippen molar-refractivity contribution in [3.63, 3.8) is 0 Å². The first-order chi connectivity index (χ1) is 10.9. The van der Waals surface area contributed by atoms with Crippen LogP contribution in [0.4, 0.5) is 5.82 Å². The Morgan fingerprint density at radius 3 is 2.78 bits per heavy atom. The molecule has 2 aromatic rings. The van der Waals surface area contributed by atoms with Crippen molar-refractivity contribution in [2.75, 3.05) is 11.1 Å². The number of thioether (sulfide) groups is 2. The summed E-state index contributed by atoms with van der Waals surface area (Å²) < 4.78 is 1.28. The molecular formula is C12H12ClN5O2S3. The van der Waals surface area contributed by atoms with Gasteiger partial charge in [-0.2, -0.15) is 0 Å². The fourth-order valence-electron chi connectivity index (χ4n) is 1.32. The van der Waals surface area contributed by atoms with Gasteiger partial charge >= 0.3 is 0 Å². The maximum Gasteiger partial charge on any atom is 0.238 e. The molecule has 2 rings (SSSR count). The summed E-state index contributed by atoms with van der Waals surface area (Å²) in [5.41, 5.74) is 5.07. The van der Waals surface area contributed by atoms with E-state index < -0.39 is 5.91 Å². The van der Waals surface area contributed by atoms with Gasteiger partial charge in [0.2, 0.25) is 11.8 Å². The van der Waals surface area contributed by atoms with E-state index in [9.17, 15) is 9.59 Å². The van der Waals surface area contributed by atoms with Crippen molar-refractivity contribution in [3.8, 4) is 0 Å². The number of aromatic nitrogens is 3. The molecule has 0 saturated heterocycles. The van der Waals surface area contributed by atoms with Gasteiger partial charge in [-0.25, -0.2) is 4.98 Å². The van der Waals surface area contributed by atoms with Crippen LogP contribution in [0.5, 0.6) is 0 Å². The zero-order chi connectivity index (χ0) is 16.8. The highest BCUT2D eigenvalue weighted by atomic mass is 35.5. The second-order valence-corrected chi connectivity index (χ2v) is 8.42. The van der Waals surface area contributed by atoms with Crippen LogP contribution in [-0.2, 0) is 9.59 Å². The lowest BCUT2D eigenvalue weighted by molar-refractivity contribution is -0.116. The third-order valence-electron chi connectivity index (χ3n) is 2.35. The number of rotatable bonds is 7. The number of primary amides is 1. The van der Waals surface area contributed by atoms with E-state index in [-0.39, 0.29) is 16.9 Å². The van der Waals surface area contributed by atoms with E-state index in [1.165, 1.54) is 41.1 Å². The number of amides is 2. The van der Waals surface area contributed by atoms with E-state index in [1.807, 2.05) is 0 Å². The highest BCUT2D eigenvalue weighted by Crippen LogP contribution is 2.31. The number of nitrogens with two attached hydrogens (primary N) is 1. The van der Waals surface area contributed by atoms with Gasteiger partial charge in [0.05, 0.1) is 16.0 Å². The molecule has 0 unspecified atom stereocenters. The molecule has 0 aliphatic rings. The smallest absolute Gasteiger partial charge is 0.238 e. The summed E-state index contributed by atoms with van der Waals surface area (Å²) in [6.07, 6.45) is 1.46. The van der Waals surface area contributed by atoms with E-state index in [4.69, 9.17) is 17.3 Å². The Bertz CT molecular complexity index is 694. The first-order valence-corrected chi connectivity index (χ1v) is 9.33. The van der Waals surface area contributed by atoms with Crippen molar-refractivity contribution in [3.05, 3.63) is 23.4 Å². The maximum absolute atomic E-state index is 12.1. The number of anilines is 1. The Morgan fingerprint density at radius 1 is 1.39 bits per heavy atom. The SMILES string of the molecule is C[C@@H](Sc1nnc(SCC(N)=O)s1)C(=O)Nc1ccc(Cl)cn1. The van der Waals surface area contributed by atoms with E-state index in [0.717, 1.165) is 0 Å². The minimum atomic E-state index is -0.414. The lowest BCUT2D eigenvalue weighted by atomic mass is 10.4. The zero-order valence-electron chi connectivity index (χ0n) is 11.9. The Balaban J connectivity index is 1.88. The molecule has 0 aromatic carbocycles. The van der Waals surface area contributed by atoms with Gasteiger partial charge in [-0.15, -0.1) is 10.2 Å². The fraction of sp³-hybridized carbons (Fsp3) is 0.250. The molecule has 3 N–H and O–H groups in total. The summed E-state index contributed by atoms with van der Waals surface area (Å²) in [7, 11) is 0. The van der Waals surface area contributed by atoms with Crippen molar-refractivity contribution >= 4 is 64.1 Å². The molecule has 0 radical (unpaired) electrons. The maximum atomic E-state index is 12.1. The summed E-state index contributed by atoms with van der Waals surface area (Å²) in [4.78, 5) is 26.8. The van der Waals surface area contributed by atoms with Gasteiger partial charge in [-0.1, -0.05) is 46.5 Å². The Labute approximate surface area is 149 Å². The van der Waals surface area contributed by atoms with Gasteiger partial charge < -0.3 is 11.1 Å². The number of halogens is 1. The second-order valence-electron chi connectivity index (χ2n) is 4.20. The Kier molecular flexibility index (Phi) is 6.63. The summed E-state index contributed by atoms with van der Waals surface area (Å²) in [6.45, 7) is 1.76. The van der Waals surface area contributed by atoms with Crippen molar-refractivity contribution < 1.29 is 9.59 Å². The van der Waals surface area contributed by atoms with Crippen molar-refractivity contribution in [2.24, 2.45) is 5.73 Å². The molecule has 7 nitrogen and oxygen atoms in total. The van der Waals surface area contributed by atoms with Gasteiger partial charge in [0.1, 0.15) is 5.82 Å². The monoisotopic (exact) mass is 389 g/mol. The Hall–Kier alpha value is -1.36. The molecule has 0 fully saturated rings. The first-order valence-electron chi connectivity index (χ1n) is 6.27. The molecule has 11 heteroatoms. The minimum Gasteiger partial charge on any atom is -0.369 e. The van der Waals surface area contributed by atoms with E-state index >= 15 is 0 Å². The predicted octanol–water partition coefficient (Wildman–Crippen LogP) is 2.28. The van der Waals surface area contributed by atoms with Gasteiger partial charge in [0.25, 0.3) is 0 Å². The van der Waals surface area contributed by atoms with Crippen LogP contribution < -0.4 is 11.1 Å². The van der Waals surface area contributed by atoms with Crippen LogP contribution in [0.1, 0.15) is 6.92 Å². The lowest BCUT2D eigenvalue weighted by Gasteiger charge is -2.09. The third kappa shape index (κ3) is 5.98. The number of nitrogens with zero attached hydrogens (tertiary/aromatic N) is 3. The second kappa shape index (κ2) is 8.48. The molecule has 0 saturated carbocycles. The molecule has 0 spiro atoms. The molecule has 0 aliphatic carbocycles. The van der Waals surface area contributed by atoms with Crippen molar-refractivity contribution in [1.29, 1.82) is 0 Å². The Morgan fingerprint density at radius 2 is 2.13 bits per heavy atom. The topological polar surface area (TPSA) is 111 Å². The third-order valence-corrected chi connectivity index (χ3v) is 5.84. The molecular weight excluding hydrogens is 378 g/mol. The number of pyridine rings is 1. The molecule has 122 valence electrons. The number of nitrogens with one attached hydrogen (secondary N) is 1. The fourth-order valence-corrected chi connectivity index (χ4v) is 4.33. The summed E-state index contributed by atoms with van der Waals surface area (Å²) in [5, 5.41) is 10.7. The standard InChI is InChI=1S/C12H12ClN5O2S3/c1-6(10(20)16-9-3-2-7(13)4-15-9)22-12-18-17-11(23-12)21-5-8(14)19/h2-4,6H,5H2,1H3,(H2,14,19)(H,15,16,20)/t6-/m1/s1. The zero-order valence-corrected chi connectivity index (χ0v) is 15.1. The van der Waals surface area contributed by atoms with Crippen LogP contribution >= 0.6 is 46.5 Å². The number of carbonyl (C=O) groups excluding carboxylic acids is 2. The van der Waals surface area contributed by atoms with Crippen molar-refractivity contribution in [1.82, 2.24) is 15.2 Å². The van der Waals surface area contributed by atoms with Crippen LogP contribution in [0.3, 0.4) is 0 Å². The van der Waals surface area contributed by atoms with Gasteiger partial charge in [-0.3, -0.25) is 9.59 Å². The van der Waals surface area contributed by atoms with Crippen LogP contribution in [0, 0.1) is 0 Å². The molecule has 2 heterocycles. The predicted molar refractivity (Wildman–Crippen MR) is 93.0 cm³/mol. The number of hydrogen-bond donors (Lipinski definition) is 2. The highest BCUT2D eigenvalue weighted by molar-refractivity contribution is 8.04. The van der Waals surface area contributed by atoms with Gasteiger partial charge in [0, 0.05) is 6.20 Å². The summed E-state index contributed by atoms with van der Waals surface area (Å²) in [5.74, 6) is -0.0341. The quantitative estimate of drug-likeness (QED) is 0.698. The first kappa shape index (κ1) is 18.0. The normalized spacial score (nSPS) is 11.9.